The molecule has 1 aliphatic heterocycles. The van der Waals surface area contributed by atoms with E-state index >= 15 is 0 Å². The molecular weight excluding hydrogens is 304 g/mol. The Balaban J connectivity index is 0.00000176. The van der Waals surface area contributed by atoms with Gasteiger partial charge in [0.25, 0.3) is 0 Å². The zero-order valence-corrected chi connectivity index (χ0v) is 13.1. The second-order valence-corrected chi connectivity index (χ2v) is 5.30. The van der Waals surface area contributed by atoms with Crippen molar-refractivity contribution in [3.05, 3.63) is 36.2 Å². The first kappa shape index (κ1) is 16.5. The number of amides is 1. The molecule has 3 rings (SSSR count). The van der Waals surface area contributed by atoms with Crippen molar-refractivity contribution in [1.29, 1.82) is 0 Å². The molecule has 1 unspecified atom stereocenters. The fraction of sp³-hybridized carbons (Fsp3) is 0.400. The Morgan fingerprint density at radius 3 is 2.77 bits per heavy atom. The average Bonchev–Trinajstić information content (AvgIpc) is 2.92. The molecule has 0 aliphatic carbocycles. The Morgan fingerprint density at radius 2 is 2.14 bits per heavy atom. The topological polar surface area (TPSA) is 80.1 Å². The molecule has 0 spiro atoms. The lowest BCUT2D eigenvalue weighted by atomic mass is 9.88. The van der Waals surface area contributed by atoms with Gasteiger partial charge in [-0.05, 0) is 19.0 Å². The number of carbonyl (C=O) groups is 1. The van der Waals surface area contributed by atoms with Crippen molar-refractivity contribution in [1.82, 2.24) is 20.8 Å². The second kappa shape index (κ2) is 7.38. The number of nitrogens with one attached hydrogen (secondary N) is 2. The van der Waals surface area contributed by atoms with Gasteiger partial charge in [-0.3, -0.25) is 4.79 Å². The predicted octanol–water partition coefficient (Wildman–Crippen LogP) is 1.63. The van der Waals surface area contributed by atoms with Crippen LogP contribution in [0.1, 0.15) is 12.8 Å². The molecule has 7 heteroatoms. The van der Waals surface area contributed by atoms with Crippen molar-refractivity contribution < 1.29 is 9.32 Å². The van der Waals surface area contributed by atoms with Gasteiger partial charge in [-0.25, -0.2) is 0 Å². The number of hydrogen-bond acceptors (Lipinski definition) is 5. The highest BCUT2D eigenvalue weighted by Crippen LogP contribution is 2.17. The second-order valence-electron chi connectivity index (χ2n) is 5.30. The van der Waals surface area contributed by atoms with E-state index in [1.54, 1.807) is 0 Å². The lowest BCUT2D eigenvalue weighted by molar-refractivity contribution is -0.127. The number of nitrogens with zero attached hydrogens (tertiary/aromatic N) is 2. The summed E-state index contributed by atoms with van der Waals surface area (Å²) >= 11 is 0. The quantitative estimate of drug-likeness (QED) is 0.874. The van der Waals surface area contributed by atoms with Gasteiger partial charge >= 0.3 is 0 Å². The van der Waals surface area contributed by atoms with Crippen LogP contribution in [0, 0.1) is 11.8 Å². The van der Waals surface area contributed by atoms with E-state index in [9.17, 15) is 4.79 Å². The van der Waals surface area contributed by atoms with Gasteiger partial charge in [-0.1, -0.05) is 42.4 Å². The fourth-order valence-corrected chi connectivity index (χ4v) is 2.23. The van der Waals surface area contributed by atoms with E-state index in [1.807, 2.05) is 37.3 Å². The molecule has 1 aromatic carbocycles. The lowest BCUT2D eigenvalue weighted by Gasteiger charge is -2.31. The van der Waals surface area contributed by atoms with Gasteiger partial charge < -0.3 is 15.2 Å². The van der Waals surface area contributed by atoms with Gasteiger partial charge in [0.05, 0.1) is 6.54 Å². The molecule has 1 amide bonds. The number of hydrogen-bond donors (Lipinski definition) is 2. The van der Waals surface area contributed by atoms with Crippen LogP contribution in [-0.2, 0) is 11.3 Å². The fourth-order valence-electron chi connectivity index (χ4n) is 2.23. The molecule has 0 bridgehead atoms. The molecule has 2 heterocycles. The van der Waals surface area contributed by atoms with Crippen LogP contribution in [0.5, 0.6) is 0 Å². The zero-order chi connectivity index (χ0) is 14.7. The van der Waals surface area contributed by atoms with E-state index in [0.29, 0.717) is 17.6 Å². The SMILES string of the molecule is CC(C(=O)NCc1nc(-c2ccccc2)no1)C1CNC1.Cl. The van der Waals surface area contributed by atoms with Crippen LogP contribution in [0.4, 0.5) is 0 Å². The highest BCUT2D eigenvalue weighted by atomic mass is 35.5. The Bertz CT molecular complexity index is 613. The largest absolute Gasteiger partial charge is 0.347 e. The molecule has 1 aromatic heterocycles. The smallest absolute Gasteiger partial charge is 0.246 e. The molecule has 22 heavy (non-hydrogen) atoms. The lowest BCUT2D eigenvalue weighted by Crippen LogP contribution is -2.49. The van der Waals surface area contributed by atoms with Crippen molar-refractivity contribution >= 4 is 18.3 Å². The van der Waals surface area contributed by atoms with Gasteiger partial charge in [0, 0.05) is 11.5 Å². The van der Waals surface area contributed by atoms with Gasteiger partial charge in [0.2, 0.25) is 17.6 Å². The maximum absolute atomic E-state index is 12.0. The third-order valence-electron chi connectivity index (χ3n) is 3.85. The number of aromatic nitrogens is 2. The van der Waals surface area contributed by atoms with Crippen LogP contribution in [0.25, 0.3) is 11.4 Å². The molecule has 1 fully saturated rings. The average molecular weight is 323 g/mol. The molecule has 1 saturated heterocycles. The minimum atomic E-state index is 0. The summed E-state index contributed by atoms with van der Waals surface area (Å²) in [7, 11) is 0. The number of carbonyl (C=O) groups excluding carboxylic acids is 1. The summed E-state index contributed by atoms with van der Waals surface area (Å²) in [5.41, 5.74) is 0.896. The van der Waals surface area contributed by atoms with Crippen molar-refractivity contribution in [2.45, 2.75) is 13.5 Å². The summed E-state index contributed by atoms with van der Waals surface area (Å²) in [6.45, 7) is 4.04. The van der Waals surface area contributed by atoms with Gasteiger partial charge in [-0.2, -0.15) is 4.98 Å². The van der Waals surface area contributed by atoms with Gasteiger partial charge in [0.1, 0.15) is 0 Å². The van der Waals surface area contributed by atoms with E-state index in [0.717, 1.165) is 18.7 Å². The molecule has 2 N–H and O–H groups in total. The predicted molar refractivity (Wildman–Crippen MR) is 84.4 cm³/mol. The van der Waals surface area contributed by atoms with Gasteiger partial charge in [0.15, 0.2) is 0 Å². The van der Waals surface area contributed by atoms with Crippen LogP contribution in [0.3, 0.4) is 0 Å². The first-order chi connectivity index (χ1) is 10.2. The van der Waals surface area contributed by atoms with E-state index < -0.39 is 0 Å². The summed E-state index contributed by atoms with van der Waals surface area (Å²) in [5, 5.41) is 9.95. The Kier molecular flexibility index (Phi) is 5.51. The van der Waals surface area contributed by atoms with E-state index in [-0.39, 0.29) is 30.8 Å². The highest BCUT2D eigenvalue weighted by Gasteiger charge is 2.28. The van der Waals surface area contributed by atoms with Crippen molar-refractivity contribution in [3.8, 4) is 11.4 Å². The van der Waals surface area contributed by atoms with Crippen LogP contribution in [-0.4, -0.2) is 29.1 Å². The first-order valence-corrected chi connectivity index (χ1v) is 7.10. The Labute approximate surface area is 135 Å². The van der Waals surface area contributed by atoms with Gasteiger partial charge in [-0.15, -0.1) is 12.4 Å². The summed E-state index contributed by atoms with van der Waals surface area (Å²) in [6, 6.07) is 9.60. The van der Waals surface area contributed by atoms with Crippen molar-refractivity contribution in [3.63, 3.8) is 0 Å². The van der Waals surface area contributed by atoms with E-state index in [4.69, 9.17) is 4.52 Å². The Hall–Kier alpha value is -1.92. The Morgan fingerprint density at radius 1 is 1.41 bits per heavy atom. The summed E-state index contributed by atoms with van der Waals surface area (Å²) in [4.78, 5) is 16.3. The monoisotopic (exact) mass is 322 g/mol. The summed E-state index contributed by atoms with van der Waals surface area (Å²) in [6.07, 6.45) is 0. The minimum absolute atomic E-state index is 0. The molecule has 0 saturated carbocycles. The highest BCUT2D eigenvalue weighted by molar-refractivity contribution is 5.85. The number of rotatable bonds is 5. The minimum Gasteiger partial charge on any atom is -0.347 e. The first-order valence-electron chi connectivity index (χ1n) is 7.10. The molecule has 2 aromatic rings. The molecule has 118 valence electrons. The standard InChI is InChI=1S/C15H18N4O2.ClH/c1-10(12-7-16-8-12)15(20)17-9-13-18-14(19-21-13)11-5-3-2-4-6-11;/h2-6,10,12,16H,7-9H2,1H3,(H,17,20);1H. The molecular formula is C15H19ClN4O2. The zero-order valence-electron chi connectivity index (χ0n) is 12.3. The third-order valence-corrected chi connectivity index (χ3v) is 3.85. The molecule has 6 nitrogen and oxygen atoms in total. The van der Waals surface area contributed by atoms with Crippen molar-refractivity contribution in [2.75, 3.05) is 13.1 Å². The van der Waals surface area contributed by atoms with Crippen LogP contribution < -0.4 is 10.6 Å². The normalized spacial score (nSPS) is 15.5. The maximum Gasteiger partial charge on any atom is 0.246 e. The van der Waals surface area contributed by atoms with Crippen LogP contribution in [0.15, 0.2) is 34.9 Å². The maximum atomic E-state index is 12.0. The summed E-state index contributed by atoms with van der Waals surface area (Å²) < 4.78 is 5.16. The third kappa shape index (κ3) is 3.64. The van der Waals surface area contributed by atoms with E-state index in [2.05, 4.69) is 20.8 Å². The molecule has 0 radical (unpaired) electrons. The van der Waals surface area contributed by atoms with E-state index in [1.165, 1.54) is 0 Å². The van der Waals surface area contributed by atoms with Crippen LogP contribution in [0.2, 0.25) is 0 Å². The van der Waals surface area contributed by atoms with Crippen molar-refractivity contribution in [2.24, 2.45) is 11.8 Å². The number of halogens is 1. The van der Waals surface area contributed by atoms with Crippen LogP contribution >= 0.6 is 12.4 Å². The molecule has 1 aliphatic rings. The summed E-state index contributed by atoms with van der Waals surface area (Å²) in [5.74, 6) is 1.41. The molecule has 1 atom stereocenters. The number of benzene rings is 1.